The van der Waals surface area contributed by atoms with Crippen LogP contribution in [0.15, 0.2) is 24.3 Å². The van der Waals surface area contributed by atoms with E-state index in [0.29, 0.717) is 29.4 Å². The van der Waals surface area contributed by atoms with Crippen LogP contribution in [0.3, 0.4) is 0 Å². The highest BCUT2D eigenvalue weighted by molar-refractivity contribution is 7.17. The highest BCUT2D eigenvalue weighted by atomic mass is 32.1. The first-order chi connectivity index (χ1) is 16.5. The lowest BCUT2D eigenvalue weighted by Crippen LogP contribution is -2.41. The topological polar surface area (TPSA) is 87.3 Å². The molecule has 4 aliphatic carbocycles. The zero-order valence-corrected chi connectivity index (χ0v) is 20.1. The van der Waals surface area contributed by atoms with Gasteiger partial charge in [0.15, 0.2) is 0 Å². The van der Waals surface area contributed by atoms with E-state index in [2.05, 4.69) is 40.2 Å². The summed E-state index contributed by atoms with van der Waals surface area (Å²) in [5.41, 5.74) is 4.20. The van der Waals surface area contributed by atoms with Crippen molar-refractivity contribution in [1.29, 1.82) is 0 Å². The lowest BCUT2D eigenvalue weighted by Gasteiger charge is -2.24. The molecule has 4 aliphatic rings. The lowest BCUT2D eigenvalue weighted by molar-refractivity contribution is -0.126. The van der Waals surface area contributed by atoms with Crippen LogP contribution in [-0.2, 0) is 35.3 Å². The summed E-state index contributed by atoms with van der Waals surface area (Å²) in [6, 6.07) is 8.53. The molecule has 0 saturated heterocycles. The van der Waals surface area contributed by atoms with E-state index in [9.17, 15) is 14.4 Å². The van der Waals surface area contributed by atoms with Crippen molar-refractivity contribution in [3.8, 4) is 0 Å². The second-order valence-corrected chi connectivity index (χ2v) is 11.6. The van der Waals surface area contributed by atoms with Crippen molar-refractivity contribution in [3.05, 3.63) is 51.4 Å². The van der Waals surface area contributed by atoms with E-state index in [1.807, 2.05) is 0 Å². The van der Waals surface area contributed by atoms with E-state index >= 15 is 0 Å². The molecule has 6 rings (SSSR count). The smallest absolute Gasteiger partial charge is 0.254 e. The molecule has 2 saturated carbocycles. The van der Waals surface area contributed by atoms with E-state index in [4.69, 9.17) is 0 Å². The summed E-state index contributed by atoms with van der Waals surface area (Å²) in [4.78, 5) is 40.1. The minimum Gasteiger partial charge on any atom is -0.352 e. The van der Waals surface area contributed by atoms with Crippen LogP contribution >= 0.6 is 11.3 Å². The summed E-state index contributed by atoms with van der Waals surface area (Å²) in [6.07, 6.45) is 8.04. The maximum Gasteiger partial charge on any atom is 0.254 e. The summed E-state index contributed by atoms with van der Waals surface area (Å²) in [5, 5.41) is 10.1. The molecule has 6 nitrogen and oxygen atoms in total. The molecule has 2 fully saturated rings. The Kier molecular flexibility index (Phi) is 5.68. The van der Waals surface area contributed by atoms with Crippen molar-refractivity contribution in [2.45, 2.75) is 63.8 Å². The fourth-order valence-corrected chi connectivity index (χ4v) is 6.57. The van der Waals surface area contributed by atoms with Crippen molar-refractivity contribution in [3.63, 3.8) is 0 Å². The molecule has 1 atom stereocenters. The second kappa shape index (κ2) is 8.84. The Hall–Kier alpha value is -2.67. The van der Waals surface area contributed by atoms with Crippen LogP contribution in [0.1, 0.15) is 68.3 Å². The molecule has 7 heteroatoms. The van der Waals surface area contributed by atoms with Crippen LogP contribution in [0.5, 0.6) is 0 Å². The van der Waals surface area contributed by atoms with E-state index < -0.39 is 0 Å². The summed E-state index contributed by atoms with van der Waals surface area (Å²) >= 11 is 1.53. The van der Waals surface area contributed by atoms with Crippen LogP contribution < -0.4 is 16.0 Å². The fraction of sp³-hybridized carbons (Fsp3) is 0.519. The van der Waals surface area contributed by atoms with Crippen molar-refractivity contribution in [1.82, 2.24) is 10.6 Å². The number of hydrogen-bond donors (Lipinski definition) is 3. The third-order valence-corrected chi connectivity index (χ3v) is 8.90. The molecule has 0 radical (unpaired) electrons. The monoisotopic (exact) mass is 483 g/mol. The number of fused-ring (bicyclic) bond motifs is 2. The van der Waals surface area contributed by atoms with Gasteiger partial charge in [-0.1, -0.05) is 24.3 Å². The van der Waals surface area contributed by atoms with Gasteiger partial charge < -0.3 is 16.0 Å². The van der Waals surface area contributed by atoms with E-state index in [0.717, 1.165) is 49.0 Å². The average molecular weight is 484 g/mol. The highest BCUT2D eigenvalue weighted by Gasteiger charge is 2.36. The Morgan fingerprint density at radius 2 is 1.65 bits per heavy atom. The standard InChI is InChI=1S/C27H31N3O3S.3H2/c31-24(16-7-8-16)30-27-23(26(33)28-14-15-5-6-15)21-13-19(9-10-22(21)34-27)25(32)29-20-11-17-3-1-2-4-18(17)12-20;;;/h1-4,15-16,19-20H,5-14H2,(H,28,33)(H,29,32)(H,30,31);3*1H. The molecule has 3 amide bonds. The second-order valence-electron chi connectivity index (χ2n) is 10.4. The molecule has 1 aromatic heterocycles. The molecule has 2 aromatic rings. The number of aryl methyl sites for hydroxylation is 1. The molecular weight excluding hydrogens is 446 g/mol. The third-order valence-electron chi connectivity index (χ3n) is 7.69. The number of carbonyl (C=O) groups is 3. The molecule has 184 valence electrons. The number of rotatable bonds is 7. The van der Waals surface area contributed by atoms with Gasteiger partial charge in [0.05, 0.1) is 5.56 Å². The molecule has 0 bridgehead atoms. The lowest BCUT2D eigenvalue weighted by atomic mass is 9.85. The normalized spacial score (nSPS) is 21.5. The van der Waals surface area contributed by atoms with Gasteiger partial charge in [-0.15, -0.1) is 11.3 Å². The van der Waals surface area contributed by atoms with E-state index in [1.54, 1.807) is 0 Å². The Balaban J connectivity index is 0.00000127. The predicted molar refractivity (Wildman–Crippen MR) is 138 cm³/mol. The maximum absolute atomic E-state index is 13.2. The SMILES string of the molecule is O=C(NCC1CC1)c1c(NC(=O)C2CC2)sc2c1CC(C(=O)NC1Cc3ccccc3C1)CC2.[HH].[HH].[HH]. The van der Waals surface area contributed by atoms with Gasteiger partial charge in [0.2, 0.25) is 11.8 Å². The summed E-state index contributed by atoms with van der Waals surface area (Å²) in [5.74, 6) is 0.510. The van der Waals surface area contributed by atoms with Crippen molar-refractivity contribution < 1.29 is 18.7 Å². The highest BCUT2D eigenvalue weighted by Crippen LogP contribution is 2.41. The summed E-state index contributed by atoms with van der Waals surface area (Å²) < 4.78 is 0. The summed E-state index contributed by atoms with van der Waals surface area (Å²) in [6.45, 7) is 0.686. The Bertz CT molecular complexity index is 1140. The van der Waals surface area contributed by atoms with Gasteiger partial charge in [-0.2, -0.15) is 0 Å². The number of anilines is 1. The maximum atomic E-state index is 13.2. The van der Waals surface area contributed by atoms with Gasteiger partial charge in [0.25, 0.3) is 5.91 Å². The minimum atomic E-state index is -0.146. The minimum absolute atomic E-state index is 0. The van der Waals surface area contributed by atoms with E-state index in [1.165, 1.54) is 35.3 Å². The molecule has 1 heterocycles. The van der Waals surface area contributed by atoms with Gasteiger partial charge in [-0.05, 0) is 80.4 Å². The third kappa shape index (κ3) is 4.50. The number of amides is 3. The van der Waals surface area contributed by atoms with Gasteiger partial charge >= 0.3 is 0 Å². The van der Waals surface area contributed by atoms with Crippen LogP contribution in [0, 0.1) is 17.8 Å². The molecule has 1 unspecified atom stereocenters. The molecule has 0 spiro atoms. The zero-order chi connectivity index (χ0) is 23.2. The first-order valence-corrected chi connectivity index (χ1v) is 13.5. The summed E-state index contributed by atoms with van der Waals surface area (Å²) in [7, 11) is 0. The molecular formula is C27H37N3O3S. The predicted octanol–water partition coefficient (Wildman–Crippen LogP) is 4.36. The van der Waals surface area contributed by atoms with Crippen LogP contribution in [0.25, 0.3) is 0 Å². The van der Waals surface area contributed by atoms with Crippen LogP contribution in [0.2, 0.25) is 0 Å². The first kappa shape index (κ1) is 21.8. The van der Waals surface area contributed by atoms with Crippen molar-refractivity contribution >= 4 is 34.1 Å². The Morgan fingerprint density at radius 1 is 0.912 bits per heavy atom. The first-order valence-electron chi connectivity index (χ1n) is 12.7. The van der Waals surface area contributed by atoms with Crippen molar-refractivity contribution in [2.24, 2.45) is 17.8 Å². The van der Waals surface area contributed by atoms with Crippen LogP contribution in [0.4, 0.5) is 5.00 Å². The van der Waals surface area contributed by atoms with Crippen LogP contribution in [-0.4, -0.2) is 30.3 Å². The molecule has 34 heavy (non-hydrogen) atoms. The quantitative estimate of drug-likeness (QED) is 0.547. The molecule has 0 aliphatic heterocycles. The Labute approximate surface area is 208 Å². The van der Waals surface area contributed by atoms with E-state index in [-0.39, 0.29) is 39.9 Å². The molecule has 3 N–H and O–H groups in total. The number of carbonyl (C=O) groups excluding carboxylic acids is 3. The van der Waals surface area contributed by atoms with Gasteiger partial charge in [0, 0.05) is 33.6 Å². The van der Waals surface area contributed by atoms with Crippen molar-refractivity contribution in [2.75, 3.05) is 11.9 Å². The number of thiophene rings is 1. The van der Waals surface area contributed by atoms with Gasteiger partial charge in [0.1, 0.15) is 5.00 Å². The number of benzene rings is 1. The van der Waals surface area contributed by atoms with Gasteiger partial charge in [-0.3, -0.25) is 14.4 Å². The number of hydrogen-bond acceptors (Lipinski definition) is 4. The van der Waals surface area contributed by atoms with Gasteiger partial charge in [-0.25, -0.2) is 0 Å². The fourth-order valence-electron chi connectivity index (χ4n) is 5.32. The number of nitrogens with one attached hydrogen (secondary N) is 3. The Morgan fingerprint density at radius 3 is 2.32 bits per heavy atom. The molecule has 1 aromatic carbocycles. The largest absolute Gasteiger partial charge is 0.352 e. The zero-order valence-electron chi connectivity index (χ0n) is 19.3. The average Bonchev–Trinajstić information content (AvgIpc) is 3.75.